The van der Waals surface area contributed by atoms with Gasteiger partial charge in [-0.15, -0.1) is 0 Å². The highest BCUT2D eigenvalue weighted by Crippen LogP contribution is 2.38. The van der Waals surface area contributed by atoms with E-state index in [2.05, 4.69) is 67.3 Å². The van der Waals surface area contributed by atoms with Gasteiger partial charge >= 0.3 is 0 Å². The molecule has 0 aromatic heterocycles. The predicted octanol–water partition coefficient (Wildman–Crippen LogP) is 4.28. The molecule has 0 saturated carbocycles. The molecule has 0 aliphatic heterocycles. The molecule has 1 heteroatoms. The van der Waals surface area contributed by atoms with Crippen molar-refractivity contribution in [3.63, 3.8) is 0 Å². The van der Waals surface area contributed by atoms with E-state index in [1.807, 2.05) is 0 Å². The summed E-state index contributed by atoms with van der Waals surface area (Å²) in [6.07, 6.45) is 0. The summed E-state index contributed by atoms with van der Waals surface area (Å²) in [6, 6.07) is 0.648. The van der Waals surface area contributed by atoms with E-state index in [0.29, 0.717) is 11.5 Å². The summed E-state index contributed by atoms with van der Waals surface area (Å²) in [4.78, 5) is 2.46. The van der Waals surface area contributed by atoms with Gasteiger partial charge in [-0.1, -0.05) is 41.5 Å². The van der Waals surface area contributed by atoms with Crippen LogP contribution in [0, 0.1) is 23.2 Å². The topological polar surface area (TPSA) is 3.24 Å². The Labute approximate surface area is 104 Å². The van der Waals surface area contributed by atoms with Crippen LogP contribution in [0.25, 0.3) is 0 Å². The minimum atomic E-state index is 0.408. The lowest BCUT2D eigenvalue weighted by Gasteiger charge is -2.40. The van der Waals surface area contributed by atoms with Crippen LogP contribution in [0.5, 0.6) is 0 Å². The van der Waals surface area contributed by atoms with Gasteiger partial charge in [0, 0.05) is 12.6 Å². The van der Waals surface area contributed by atoms with E-state index in [-0.39, 0.29) is 0 Å². The fourth-order valence-corrected chi connectivity index (χ4v) is 3.29. The molecule has 0 fully saturated rings. The second-order valence-electron chi connectivity index (χ2n) is 7.15. The first kappa shape index (κ1) is 16.0. The van der Waals surface area contributed by atoms with E-state index >= 15 is 0 Å². The summed E-state index contributed by atoms with van der Waals surface area (Å²) in [5, 5.41) is 0. The van der Waals surface area contributed by atoms with Gasteiger partial charge in [0.25, 0.3) is 0 Å². The highest BCUT2D eigenvalue weighted by Gasteiger charge is 2.32. The fourth-order valence-electron chi connectivity index (χ4n) is 3.29. The van der Waals surface area contributed by atoms with E-state index in [4.69, 9.17) is 0 Å². The molecule has 98 valence electrons. The smallest absolute Gasteiger partial charge is 0.00356 e. The fraction of sp³-hybridized carbons (Fsp3) is 1.00. The van der Waals surface area contributed by atoms with E-state index in [0.717, 1.165) is 17.8 Å². The number of hydrogen-bond acceptors (Lipinski definition) is 1. The summed E-state index contributed by atoms with van der Waals surface area (Å²) < 4.78 is 0. The molecule has 0 aliphatic rings. The minimum absolute atomic E-state index is 0.408. The van der Waals surface area contributed by atoms with Crippen molar-refractivity contribution in [2.45, 2.75) is 61.4 Å². The Morgan fingerprint density at radius 1 is 0.938 bits per heavy atom. The Morgan fingerprint density at radius 2 is 1.38 bits per heavy atom. The van der Waals surface area contributed by atoms with Gasteiger partial charge in [0.1, 0.15) is 0 Å². The Bertz CT molecular complexity index is 188. The third kappa shape index (κ3) is 4.86. The first-order valence-electron chi connectivity index (χ1n) is 6.77. The van der Waals surface area contributed by atoms with Crippen molar-refractivity contribution < 1.29 is 0 Å². The average molecular weight is 227 g/mol. The third-order valence-electron chi connectivity index (χ3n) is 3.79. The highest BCUT2D eigenvalue weighted by atomic mass is 15.1. The molecule has 0 bridgehead atoms. The molecular formula is C15H33N. The van der Waals surface area contributed by atoms with Crippen LogP contribution in [0.4, 0.5) is 0 Å². The maximum absolute atomic E-state index is 2.46. The van der Waals surface area contributed by atoms with Crippen molar-refractivity contribution in [2.75, 3.05) is 13.6 Å². The molecule has 0 aromatic carbocycles. The Kier molecular flexibility index (Phi) is 6.03. The summed E-state index contributed by atoms with van der Waals surface area (Å²) >= 11 is 0. The van der Waals surface area contributed by atoms with Crippen molar-refractivity contribution in [2.24, 2.45) is 23.2 Å². The van der Waals surface area contributed by atoms with Crippen LogP contribution in [-0.2, 0) is 0 Å². The monoisotopic (exact) mass is 227 g/mol. The maximum Gasteiger partial charge on any atom is 0.00356 e. The molecule has 0 spiro atoms. The minimum Gasteiger partial charge on any atom is -0.304 e. The van der Waals surface area contributed by atoms with Gasteiger partial charge in [-0.25, -0.2) is 0 Å². The molecule has 2 atom stereocenters. The lowest BCUT2D eigenvalue weighted by atomic mass is 9.68. The lowest BCUT2D eigenvalue weighted by Crippen LogP contribution is -2.39. The van der Waals surface area contributed by atoms with E-state index in [1.54, 1.807) is 0 Å². The molecule has 0 amide bonds. The number of hydrogen-bond donors (Lipinski definition) is 0. The first-order chi connectivity index (χ1) is 7.07. The Morgan fingerprint density at radius 3 is 1.62 bits per heavy atom. The summed E-state index contributed by atoms with van der Waals surface area (Å²) in [6.45, 7) is 20.0. The molecule has 0 heterocycles. The first-order valence-corrected chi connectivity index (χ1v) is 6.77. The predicted molar refractivity (Wildman–Crippen MR) is 74.7 cm³/mol. The van der Waals surface area contributed by atoms with Crippen molar-refractivity contribution in [1.82, 2.24) is 4.90 Å². The molecule has 2 unspecified atom stereocenters. The van der Waals surface area contributed by atoms with Crippen molar-refractivity contribution in [3.05, 3.63) is 0 Å². The Hall–Kier alpha value is -0.0400. The van der Waals surface area contributed by atoms with Crippen LogP contribution >= 0.6 is 0 Å². The zero-order chi connectivity index (χ0) is 13.1. The van der Waals surface area contributed by atoms with Crippen LogP contribution in [0.2, 0.25) is 0 Å². The van der Waals surface area contributed by atoms with Crippen LogP contribution < -0.4 is 0 Å². The summed E-state index contributed by atoms with van der Waals surface area (Å²) in [5.74, 6) is 2.30. The standard InChI is InChI=1S/C15H33N/c1-11(2)14(15(6,7)8)13(5)10-16(9)12(3)4/h11-14H,10H2,1-9H3. The summed E-state index contributed by atoms with van der Waals surface area (Å²) in [7, 11) is 2.24. The second kappa shape index (κ2) is 6.05. The largest absolute Gasteiger partial charge is 0.304 e. The second-order valence-corrected chi connectivity index (χ2v) is 7.15. The molecule has 0 rings (SSSR count). The van der Waals surface area contributed by atoms with Gasteiger partial charge in [0.15, 0.2) is 0 Å². The van der Waals surface area contributed by atoms with Gasteiger partial charge in [-0.3, -0.25) is 0 Å². The van der Waals surface area contributed by atoms with Crippen LogP contribution in [0.15, 0.2) is 0 Å². The van der Waals surface area contributed by atoms with Crippen molar-refractivity contribution >= 4 is 0 Å². The van der Waals surface area contributed by atoms with Crippen LogP contribution in [0.3, 0.4) is 0 Å². The zero-order valence-electron chi connectivity index (χ0n) is 13.0. The molecule has 16 heavy (non-hydrogen) atoms. The molecule has 0 N–H and O–H groups in total. The quantitative estimate of drug-likeness (QED) is 0.677. The van der Waals surface area contributed by atoms with Crippen LogP contribution in [0.1, 0.15) is 55.4 Å². The SMILES string of the molecule is CC(C)C(C(C)CN(C)C(C)C)C(C)(C)C. The molecule has 0 aliphatic carbocycles. The van der Waals surface area contributed by atoms with Gasteiger partial charge in [0.2, 0.25) is 0 Å². The van der Waals surface area contributed by atoms with Crippen LogP contribution in [-0.4, -0.2) is 24.5 Å². The average Bonchev–Trinajstić information content (AvgIpc) is 1.99. The number of rotatable bonds is 5. The molecule has 0 radical (unpaired) electrons. The maximum atomic E-state index is 2.46. The molecule has 0 aromatic rings. The van der Waals surface area contributed by atoms with Gasteiger partial charge in [-0.2, -0.15) is 0 Å². The number of nitrogens with zero attached hydrogens (tertiary/aromatic N) is 1. The van der Waals surface area contributed by atoms with Gasteiger partial charge in [-0.05, 0) is 44.1 Å². The van der Waals surface area contributed by atoms with Crippen molar-refractivity contribution in [3.8, 4) is 0 Å². The normalized spacial score (nSPS) is 17.2. The van der Waals surface area contributed by atoms with E-state index in [9.17, 15) is 0 Å². The highest BCUT2D eigenvalue weighted by molar-refractivity contribution is 4.82. The van der Waals surface area contributed by atoms with Gasteiger partial charge in [0.05, 0.1) is 0 Å². The molecule has 1 nitrogen and oxygen atoms in total. The molecule has 0 saturated heterocycles. The lowest BCUT2D eigenvalue weighted by molar-refractivity contribution is 0.0838. The Balaban J connectivity index is 4.58. The summed E-state index contributed by atoms with van der Waals surface area (Å²) in [5.41, 5.74) is 0.408. The van der Waals surface area contributed by atoms with E-state index < -0.39 is 0 Å². The van der Waals surface area contributed by atoms with E-state index in [1.165, 1.54) is 6.54 Å². The molecular weight excluding hydrogens is 194 g/mol. The van der Waals surface area contributed by atoms with Gasteiger partial charge < -0.3 is 4.90 Å². The third-order valence-corrected chi connectivity index (χ3v) is 3.79. The zero-order valence-corrected chi connectivity index (χ0v) is 13.0. The van der Waals surface area contributed by atoms with Crippen molar-refractivity contribution in [1.29, 1.82) is 0 Å².